The van der Waals surface area contributed by atoms with E-state index in [1.165, 1.54) is 0 Å². The standard InChI is InChI=1S/C15H20N2O/c1-15(2,8-10-18)11-17-14-7-9-16-13-6-4-3-5-12(13)14/h3-7,9,18H,8,10-11H2,1-2H3,(H,16,17). The molecule has 2 aromatic rings. The van der Waals surface area contributed by atoms with E-state index in [9.17, 15) is 0 Å². The molecule has 1 aromatic carbocycles. The van der Waals surface area contributed by atoms with Gasteiger partial charge in [-0.05, 0) is 24.0 Å². The van der Waals surface area contributed by atoms with Gasteiger partial charge in [0, 0.05) is 30.4 Å². The van der Waals surface area contributed by atoms with E-state index >= 15 is 0 Å². The van der Waals surface area contributed by atoms with Crippen LogP contribution in [0.5, 0.6) is 0 Å². The van der Waals surface area contributed by atoms with Gasteiger partial charge in [0.05, 0.1) is 5.52 Å². The summed E-state index contributed by atoms with van der Waals surface area (Å²) in [6.45, 7) is 5.37. The van der Waals surface area contributed by atoms with E-state index in [4.69, 9.17) is 5.11 Å². The number of rotatable bonds is 5. The molecule has 1 aromatic heterocycles. The largest absolute Gasteiger partial charge is 0.396 e. The molecule has 2 rings (SSSR count). The first-order valence-electron chi connectivity index (χ1n) is 6.31. The number of pyridine rings is 1. The quantitative estimate of drug-likeness (QED) is 0.849. The number of fused-ring (bicyclic) bond motifs is 1. The minimum atomic E-state index is 0.0825. The molecule has 0 saturated carbocycles. The summed E-state index contributed by atoms with van der Waals surface area (Å²) in [4.78, 5) is 4.34. The fraction of sp³-hybridized carbons (Fsp3) is 0.400. The van der Waals surface area contributed by atoms with Crippen molar-refractivity contribution in [1.29, 1.82) is 0 Å². The highest BCUT2D eigenvalue weighted by Gasteiger charge is 2.17. The molecule has 0 aliphatic rings. The van der Waals surface area contributed by atoms with Gasteiger partial charge in [-0.3, -0.25) is 4.98 Å². The Balaban J connectivity index is 2.17. The lowest BCUT2D eigenvalue weighted by molar-refractivity contribution is 0.220. The summed E-state index contributed by atoms with van der Waals surface area (Å²) >= 11 is 0. The van der Waals surface area contributed by atoms with Crippen molar-refractivity contribution in [3.8, 4) is 0 Å². The molecule has 0 aliphatic heterocycles. The maximum Gasteiger partial charge on any atom is 0.0722 e. The van der Waals surface area contributed by atoms with Crippen molar-refractivity contribution in [2.75, 3.05) is 18.5 Å². The highest BCUT2D eigenvalue weighted by molar-refractivity contribution is 5.90. The van der Waals surface area contributed by atoms with Gasteiger partial charge in [0.1, 0.15) is 0 Å². The van der Waals surface area contributed by atoms with Crippen molar-refractivity contribution >= 4 is 16.6 Å². The van der Waals surface area contributed by atoms with Crippen molar-refractivity contribution in [3.05, 3.63) is 36.5 Å². The Kier molecular flexibility index (Phi) is 3.82. The Morgan fingerprint density at radius 3 is 2.78 bits per heavy atom. The third kappa shape index (κ3) is 2.99. The highest BCUT2D eigenvalue weighted by Crippen LogP contribution is 2.24. The second-order valence-corrected chi connectivity index (χ2v) is 5.37. The maximum atomic E-state index is 9.03. The van der Waals surface area contributed by atoms with Gasteiger partial charge < -0.3 is 10.4 Å². The molecule has 0 amide bonds. The first kappa shape index (κ1) is 12.8. The summed E-state index contributed by atoms with van der Waals surface area (Å²) in [5.41, 5.74) is 2.19. The van der Waals surface area contributed by atoms with Crippen LogP contribution in [0.3, 0.4) is 0 Å². The van der Waals surface area contributed by atoms with Crippen LogP contribution in [0.2, 0.25) is 0 Å². The molecular weight excluding hydrogens is 224 g/mol. The second-order valence-electron chi connectivity index (χ2n) is 5.37. The summed E-state index contributed by atoms with van der Waals surface area (Å²) in [6.07, 6.45) is 2.62. The minimum absolute atomic E-state index is 0.0825. The van der Waals surface area contributed by atoms with Crippen LogP contribution in [0.4, 0.5) is 5.69 Å². The third-order valence-electron chi connectivity index (χ3n) is 3.20. The monoisotopic (exact) mass is 244 g/mol. The van der Waals surface area contributed by atoms with Crippen LogP contribution >= 0.6 is 0 Å². The van der Waals surface area contributed by atoms with Crippen LogP contribution in [0.25, 0.3) is 10.9 Å². The van der Waals surface area contributed by atoms with Crippen LogP contribution in [0.15, 0.2) is 36.5 Å². The van der Waals surface area contributed by atoms with Gasteiger partial charge in [0.2, 0.25) is 0 Å². The normalized spacial score (nSPS) is 11.7. The second kappa shape index (κ2) is 5.36. The molecule has 0 atom stereocenters. The van der Waals surface area contributed by atoms with Crippen LogP contribution in [0, 0.1) is 5.41 Å². The molecule has 0 bridgehead atoms. The summed E-state index contributed by atoms with van der Waals surface area (Å²) in [6, 6.07) is 10.1. The van der Waals surface area contributed by atoms with Crippen molar-refractivity contribution in [2.45, 2.75) is 20.3 Å². The summed E-state index contributed by atoms with van der Waals surface area (Å²) in [5, 5.41) is 13.6. The number of aliphatic hydroxyl groups is 1. The number of para-hydroxylation sites is 1. The lowest BCUT2D eigenvalue weighted by Crippen LogP contribution is -2.24. The van der Waals surface area contributed by atoms with Gasteiger partial charge in [-0.25, -0.2) is 0 Å². The van der Waals surface area contributed by atoms with Crippen molar-refractivity contribution in [3.63, 3.8) is 0 Å². The number of nitrogens with one attached hydrogen (secondary N) is 1. The number of nitrogens with zero attached hydrogens (tertiary/aromatic N) is 1. The van der Waals surface area contributed by atoms with E-state index in [-0.39, 0.29) is 12.0 Å². The zero-order chi connectivity index (χ0) is 13.0. The number of hydrogen-bond donors (Lipinski definition) is 2. The zero-order valence-corrected chi connectivity index (χ0v) is 11.0. The van der Waals surface area contributed by atoms with E-state index in [0.29, 0.717) is 0 Å². The molecule has 96 valence electrons. The van der Waals surface area contributed by atoms with E-state index in [0.717, 1.165) is 29.6 Å². The molecule has 2 N–H and O–H groups in total. The molecule has 0 aliphatic carbocycles. The molecule has 0 spiro atoms. The zero-order valence-electron chi connectivity index (χ0n) is 11.0. The Labute approximate surface area is 108 Å². The smallest absolute Gasteiger partial charge is 0.0722 e. The van der Waals surface area contributed by atoms with E-state index < -0.39 is 0 Å². The van der Waals surface area contributed by atoms with Gasteiger partial charge >= 0.3 is 0 Å². The van der Waals surface area contributed by atoms with Gasteiger partial charge in [0.15, 0.2) is 0 Å². The Hall–Kier alpha value is -1.61. The lowest BCUT2D eigenvalue weighted by Gasteiger charge is -2.24. The Morgan fingerprint density at radius 2 is 2.00 bits per heavy atom. The van der Waals surface area contributed by atoms with Crippen LogP contribution in [-0.2, 0) is 0 Å². The first-order chi connectivity index (χ1) is 8.62. The SMILES string of the molecule is CC(C)(CCO)CNc1ccnc2ccccc12. The molecule has 0 saturated heterocycles. The molecule has 0 fully saturated rings. The summed E-state index contributed by atoms with van der Waals surface area (Å²) in [5.74, 6) is 0. The lowest BCUT2D eigenvalue weighted by atomic mass is 9.89. The topological polar surface area (TPSA) is 45.1 Å². The Morgan fingerprint density at radius 1 is 1.22 bits per heavy atom. The van der Waals surface area contributed by atoms with Gasteiger partial charge in [-0.1, -0.05) is 32.0 Å². The number of hydrogen-bond acceptors (Lipinski definition) is 3. The summed E-state index contributed by atoms with van der Waals surface area (Å²) < 4.78 is 0. The van der Waals surface area contributed by atoms with E-state index in [1.54, 1.807) is 0 Å². The molecule has 3 heteroatoms. The molecule has 1 heterocycles. The highest BCUT2D eigenvalue weighted by atomic mass is 16.3. The predicted octanol–water partition coefficient (Wildman–Crippen LogP) is 3.06. The maximum absolute atomic E-state index is 9.03. The van der Waals surface area contributed by atoms with Crippen molar-refractivity contribution in [1.82, 2.24) is 4.98 Å². The average Bonchev–Trinajstić information content (AvgIpc) is 2.36. The fourth-order valence-electron chi connectivity index (χ4n) is 1.98. The Bertz CT molecular complexity index is 517. The number of anilines is 1. The van der Waals surface area contributed by atoms with E-state index in [1.807, 2.05) is 30.5 Å². The van der Waals surface area contributed by atoms with Crippen molar-refractivity contribution in [2.24, 2.45) is 5.41 Å². The molecule has 0 radical (unpaired) electrons. The molecule has 3 nitrogen and oxygen atoms in total. The van der Waals surface area contributed by atoms with Crippen LogP contribution in [0.1, 0.15) is 20.3 Å². The van der Waals surface area contributed by atoms with Gasteiger partial charge in [-0.15, -0.1) is 0 Å². The fourth-order valence-corrected chi connectivity index (χ4v) is 1.98. The number of benzene rings is 1. The molecule has 0 unspecified atom stereocenters. The average molecular weight is 244 g/mol. The minimum Gasteiger partial charge on any atom is -0.396 e. The van der Waals surface area contributed by atoms with Crippen LogP contribution < -0.4 is 5.32 Å². The molecule has 18 heavy (non-hydrogen) atoms. The van der Waals surface area contributed by atoms with E-state index in [2.05, 4.69) is 30.2 Å². The summed E-state index contributed by atoms with van der Waals surface area (Å²) in [7, 11) is 0. The number of aromatic nitrogens is 1. The van der Waals surface area contributed by atoms with Crippen LogP contribution in [-0.4, -0.2) is 23.2 Å². The first-order valence-corrected chi connectivity index (χ1v) is 6.31. The number of aliphatic hydroxyl groups excluding tert-OH is 1. The van der Waals surface area contributed by atoms with Gasteiger partial charge in [-0.2, -0.15) is 0 Å². The van der Waals surface area contributed by atoms with Gasteiger partial charge in [0.25, 0.3) is 0 Å². The van der Waals surface area contributed by atoms with Crippen molar-refractivity contribution < 1.29 is 5.11 Å². The molecular formula is C15H20N2O. The predicted molar refractivity (Wildman–Crippen MR) is 75.7 cm³/mol. The third-order valence-corrected chi connectivity index (χ3v) is 3.20.